The molecule has 2 aliphatic rings. The van der Waals surface area contributed by atoms with Crippen molar-refractivity contribution in [3.8, 4) is 23.2 Å². The Labute approximate surface area is 408 Å². The summed E-state index contributed by atoms with van der Waals surface area (Å²) in [7, 11) is -2.62. The summed E-state index contributed by atoms with van der Waals surface area (Å²) in [4.78, 5) is 48.9. The number of rotatable bonds is 15. The Kier molecular flexibility index (Phi) is 12.9. The zero-order valence-corrected chi connectivity index (χ0v) is 39.6. The summed E-state index contributed by atoms with van der Waals surface area (Å²) >= 11 is 0. The van der Waals surface area contributed by atoms with Gasteiger partial charge in [0.2, 0.25) is 17.7 Å². The second-order valence-corrected chi connectivity index (χ2v) is 19.1. The van der Waals surface area contributed by atoms with Gasteiger partial charge < -0.3 is 24.4 Å². The van der Waals surface area contributed by atoms with Gasteiger partial charge in [0.05, 0.1) is 17.6 Å². The first-order chi connectivity index (χ1) is 34.4. The fourth-order valence-corrected chi connectivity index (χ4v) is 10.1. The number of carbonyl (C=O) groups excluding carboxylic acids is 2. The molecular formula is C53H49FN8O8S. The van der Waals surface area contributed by atoms with Gasteiger partial charge in [0.15, 0.2) is 5.82 Å². The summed E-state index contributed by atoms with van der Waals surface area (Å²) in [5.74, 6) is -1.43. The lowest BCUT2D eigenvalue weighted by Gasteiger charge is -2.40. The van der Waals surface area contributed by atoms with E-state index in [-0.39, 0.29) is 60.1 Å². The molecule has 1 atom stereocenters. The van der Waals surface area contributed by atoms with E-state index in [1.54, 1.807) is 40.4 Å². The molecule has 0 spiro atoms. The fourth-order valence-electron chi connectivity index (χ4n) is 8.96. The number of hydrogen-bond acceptors (Lipinski definition) is 11. The Morgan fingerprint density at radius 3 is 2.08 bits per heavy atom. The van der Waals surface area contributed by atoms with Gasteiger partial charge in [-0.3, -0.25) is 23.6 Å². The second-order valence-electron chi connectivity index (χ2n) is 17.5. The van der Waals surface area contributed by atoms with Crippen LogP contribution in [-0.2, 0) is 46.7 Å². The van der Waals surface area contributed by atoms with E-state index in [0.29, 0.717) is 58.7 Å². The monoisotopic (exact) mass is 976 g/mol. The molecule has 2 aliphatic heterocycles. The van der Waals surface area contributed by atoms with Gasteiger partial charge in [0, 0.05) is 55.6 Å². The quantitative estimate of drug-likeness (QED) is 0.108. The number of nitrogens with one attached hydrogen (secondary N) is 2. The Bertz CT molecular complexity index is 3470. The topological polar surface area (TPSA) is 170 Å². The Morgan fingerprint density at radius 2 is 1.44 bits per heavy atom. The predicted molar refractivity (Wildman–Crippen MR) is 269 cm³/mol. The molecule has 18 heteroatoms. The van der Waals surface area contributed by atoms with Crippen molar-refractivity contribution in [2.75, 3.05) is 47.2 Å². The maximum absolute atomic E-state index is 16.4. The summed E-state index contributed by atoms with van der Waals surface area (Å²) in [5, 5.41) is 3.37. The molecule has 2 N–H and O–H groups in total. The number of aromatic nitrogens is 3. The number of halogens is 1. The highest BCUT2D eigenvalue weighted by molar-refractivity contribution is 7.92. The van der Waals surface area contributed by atoms with E-state index < -0.39 is 28.5 Å². The summed E-state index contributed by atoms with van der Waals surface area (Å²) in [6.45, 7) is 3.88. The van der Waals surface area contributed by atoms with Crippen molar-refractivity contribution in [2.24, 2.45) is 7.05 Å². The van der Waals surface area contributed by atoms with Crippen LogP contribution in [-0.4, -0.2) is 78.0 Å². The highest BCUT2D eigenvalue weighted by atomic mass is 32.2. The van der Waals surface area contributed by atoms with E-state index >= 15 is 4.39 Å². The van der Waals surface area contributed by atoms with E-state index in [0.717, 1.165) is 27.9 Å². The van der Waals surface area contributed by atoms with E-state index in [4.69, 9.17) is 19.2 Å². The number of piperazine rings is 1. The van der Waals surface area contributed by atoms with E-state index in [1.165, 1.54) is 12.1 Å². The highest BCUT2D eigenvalue weighted by Gasteiger charge is 2.38. The zero-order chi connectivity index (χ0) is 49.2. The van der Waals surface area contributed by atoms with Gasteiger partial charge >= 0.3 is 15.9 Å². The first-order valence-electron chi connectivity index (χ1n) is 23.0. The van der Waals surface area contributed by atoms with Crippen LogP contribution in [0.3, 0.4) is 0 Å². The number of anilines is 3. The van der Waals surface area contributed by atoms with Gasteiger partial charge in [0.25, 0.3) is 5.91 Å². The van der Waals surface area contributed by atoms with E-state index in [9.17, 15) is 22.8 Å². The number of ether oxygens (including phenoxy) is 3. The van der Waals surface area contributed by atoms with Crippen molar-refractivity contribution in [3.63, 3.8) is 0 Å². The molecule has 71 heavy (non-hydrogen) atoms. The number of benzene rings is 6. The molecule has 8 aromatic rings. The number of carbonyl (C=O) groups is 2. The van der Waals surface area contributed by atoms with Gasteiger partial charge in [-0.1, -0.05) is 91.0 Å². The average molecular weight is 977 g/mol. The molecule has 0 unspecified atom stereocenters. The standard InChI is InChI=1S/C53H49FN8O8S/c1-35-29-60(41-19-21-43-45(28-41)58(2)53(65)62(43)44-22-23-49(69-33-37-14-8-4-9-15-37)56-52(44)70-34-38-16-10-5-11-17-38)25-24-59(35)30-47(63)55-40-18-20-42-39(26-40)27-46(68-32-36-12-6-3-7-13-36)51(50(42)54)61-31-48(64)57-71(61,66)67/h3-23,26-28,35H,24-25,29-34H2,1-2H3,(H,55,63)(H,57,64)/t35-/m1/s1. The van der Waals surface area contributed by atoms with Crippen LogP contribution >= 0.6 is 0 Å². The average Bonchev–Trinajstić information content (AvgIpc) is 3.80. The molecule has 10 rings (SSSR count). The highest BCUT2D eigenvalue weighted by Crippen LogP contribution is 2.40. The number of imidazole rings is 1. The van der Waals surface area contributed by atoms with Crippen LogP contribution in [0.1, 0.15) is 23.6 Å². The summed E-state index contributed by atoms with van der Waals surface area (Å²) in [6, 6.07) is 44.2. The van der Waals surface area contributed by atoms with Crippen LogP contribution in [0.2, 0.25) is 0 Å². The largest absolute Gasteiger partial charge is 0.487 e. The lowest BCUT2D eigenvalue weighted by atomic mass is 10.1. The zero-order valence-electron chi connectivity index (χ0n) is 38.8. The summed E-state index contributed by atoms with van der Waals surface area (Å²) in [5.41, 5.74) is 5.24. The minimum absolute atomic E-state index is 0.00400. The second kappa shape index (κ2) is 19.6. The lowest BCUT2D eigenvalue weighted by Crippen LogP contribution is -2.53. The summed E-state index contributed by atoms with van der Waals surface area (Å²) in [6.07, 6.45) is 0. The molecule has 4 heterocycles. The Balaban J connectivity index is 0.834. The fraction of sp³-hybridized carbons (Fsp3) is 0.208. The molecule has 0 aliphatic carbocycles. The van der Waals surface area contributed by atoms with E-state index in [2.05, 4.69) is 22.0 Å². The maximum atomic E-state index is 16.4. The number of amides is 2. The van der Waals surface area contributed by atoms with Crippen LogP contribution in [0.5, 0.6) is 17.5 Å². The molecule has 2 aromatic heterocycles. The first-order valence-corrected chi connectivity index (χ1v) is 24.4. The Morgan fingerprint density at radius 1 is 0.775 bits per heavy atom. The number of fused-ring (bicyclic) bond motifs is 2. The number of nitrogens with zero attached hydrogens (tertiary/aromatic N) is 6. The molecule has 0 bridgehead atoms. The number of pyridine rings is 1. The molecule has 2 fully saturated rings. The molecule has 362 valence electrons. The Hall–Kier alpha value is -8.22. The van der Waals surface area contributed by atoms with Crippen molar-refractivity contribution >= 4 is 60.9 Å². The molecular weight excluding hydrogens is 928 g/mol. The van der Waals surface area contributed by atoms with Gasteiger partial charge in [0.1, 0.15) is 43.5 Å². The van der Waals surface area contributed by atoms with Crippen LogP contribution in [0.15, 0.2) is 150 Å². The maximum Gasteiger partial charge on any atom is 0.333 e. The van der Waals surface area contributed by atoms with Crippen molar-refractivity contribution in [3.05, 3.63) is 179 Å². The SMILES string of the molecule is C[C@@H]1CN(c2ccc3c(c2)n(C)c(=O)n3-c2ccc(OCc3ccccc3)nc2OCc2ccccc2)CCN1CC(=O)Nc1ccc2c(F)c(N3CC(=O)NS3(=O)=O)c(OCc3ccccc3)cc2c1. The first kappa shape index (κ1) is 46.5. The lowest BCUT2D eigenvalue weighted by molar-refractivity contribution is -0.118. The molecule has 0 saturated carbocycles. The van der Waals surface area contributed by atoms with Gasteiger partial charge in [-0.25, -0.2) is 18.2 Å². The van der Waals surface area contributed by atoms with Gasteiger partial charge in [-0.15, -0.1) is 0 Å². The van der Waals surface area contributed by atoms with Crippen LogP contribution < -0.4 is 39.1 Å². The van der Waals surface area contributed by atoms with Crippen molar-refractivity contribution < 1.29 is 36.6 Å². The third-order valence-electron chi connectivity index (χ3n) is 12.6. The van der Waals surface area contributed by atoms with E-state index in [1.807, 2.05) is 114 Å². The van der Waals surface area contributed by atoms with Crippen molar-refractivity contribution in [1.82, 2.24) is 23.7 Å². The van der Waals surface area contributed by atoms with Crippen molar-refractivity contribution in [2.45, 2.75) is 32.8 Å². The predicted octanol–water partition coefficient (Wildman–Crippen LogP) is 7.08. The molecule has 2 amide bonds. The minimum Gasteiger partial charge on any atom is -0.487 e. The normalized spacial score (nSPS) is 15.8. The third-order valence-corrected chi connectivity index (χ3v) is 14.0. The van der Waals surface area contributed by atoms with Crippen LogP contribution in [0.25, 0.3) is 27.5 Å². The van der Waals surface area contributed by atoms with Crippen LogP contribution in [0.4, 0.5) is 21.5 Å². The number of aryl methyl sites for hydroxylation is 1. The molecule has 0 radical (unpaired) electrons. The van der Waals surface area contributed by atoms with Crippen molar-refractivity contribution in [1.29, 1.82) is 0 Å². The van der Waals surface area contributed by atoms with Gasteiger partial charge in [-0.2, -0.15) is 13.4 Å². The molecule has 16 nitrogen and oxygen atoms in total. The minimum atomic E-state index is -4.36. The third kappa shape index (κ3) is 9.84. The van der Waals surface area contributed by atoms with Gasteiger partial charge in [-0.05, 0) is 77.5 Å². The summed E-state index contributed by atoms with van der Waals surface area (Å²) < 4.78 is 66.3. The molecule has 6 aromatic carbocycles. The smallest absolute Gasteiger partial charge is 0.333 e. The van der Waals surface area contributed by atoms with Crippen LogP contribution in [0, 0.1) is 5.82 Å². The number of hydrogen-bond donors (Lipinski definition) is 2. The molecule has 2 saturated heterocycles.